The highest BCUT2D eigenvalue weighted by molar-refractivity contribution is 6.33. The highest BCUT2D eigenvalue weighted by atomic mass is 35.5. The maximum absolute atomic E-state index is 12.8. The van der Waals surface area contributed by atoms with Crippen molar-refractivity contribution in [3.8, 4) is 17.6 Å². The van der Waals surface area contributed by atoms with Crippen molar-refractivity contribution < 1.29 is 14.3 Å². The second-order valence-corrected chi connectivity index (χ2v) is 8.92. The summed E-state index contributed by atoms with van der Waals surface area (Å²) in [7, 11) is 1.51. The Bertz CT molecular complexity index is 879. The van der Waals surface area contributed by atoms with Gasteiger partial charge in [-0.1, -0.05) is 24.4 Å². The van der Waals surface area contributed by atoms with Crippen molar-refractivity contribution in [2.24, 2.45) is 5.92 Å². The third-order valence-electron chi connectivity index (χ3n) is 6.28. The van der Waals surface area contributed by atoms with Gasteiger partial charge in [0.1, 0.15) is 5.75 Å². The lowest BCUT2D eigenvalue weighted by Gasteiger charge is -2.37. The Hall–Kier alpha value is -2.43. The number of methoxy groups -OCH3 is 1. The Kier molecular flexibility index (Phi) is 8.66. The molecule has 1 aromatic rings. The number of likely N-dealkylation sites (tertiary alicyclic amines) is 2. The minimum atomic E-state index is -0.189. The van der Waals surface area contributed by atoms with Crippen LogP contribution in [0, 0.1) is 17.8 Å². The lowest BCUT2D eigenvalue weighted by Crippen LogP contribution is -2.47. The SMILES string of the molecule is CCC#CC(=O)N1CCC(CN2CCC(NC(=O)c3cc(Cl)c(N)cc3OC)CC2)CC1. The zero-order valence-corrected chi connectivity index (χ0v) is 19.7. The minimum absolute atomic E-state index is 0.0409. The van der Waals surface area contributed by atoms with E-state index in [-0.39, 0.29) is 17.9 Å². The molecular formula is C24H33ClN4O3. The highest BCUT2D eigenvalue weighted by Crippen LogP contribution is 2.29. The fraction of sp³-hybridized carbons (Fsp3) is 0.583. The molecule has 0 spiro atoms. The van der Waals surface area contributed by atoms with Crippen LogP contribution in [0.5, 0.6) is 5.75 Å². The molecule has 174 valence electrons. The Balaban J connectivity index is 1.43. The molecule has 0 bridgehead atoms. The van der Waals surface area contributed by atoms with Crippen LogP contribution < -0.4 is 15.8 Å². The average Bonchev–Trinajstić information content (AvgIpc) is 2.80. The molecule has 0 saturated carbocycles. The van der Waals surface area contributed by atoms with Crippen molar-refractivity contribution in [1.29, 1.82) is 0 Å². The topological polar surface area (TPSA) is 87.9 Å². The van der Waals surface area contributed by atoms with Gasteiger partial charge in [0, 0.05) is 51.3 Å². The predicted molar refractivity (Wildman–Crippen MR) is 127 cm³/mol. The second kappa shape index (κ2) is 11.4. The summed E-state index contributed by atoms with van der Waals surface area (Å²) >= 11 is 6.09. The first-order valence-electron chi connectivity index (χ1n) is 11.3. The molecule has 1 aromatic carbocycles. The quantitative estimate of drug-likeness (QED) is 0.521. The first kappa shape index (κ1) is 24.2. The van der Waals surface area contributed by atoms with Crippen LogP contribution in [0.2, 0.25) is 5.02 Å². The normalized spacial score (nSPS) is 18.0. The van der Waals surface area contributed by atoms with Gasteiger partial charge in [0.2, 0.25) is 0 Å². The van der Waals surface area contributed by atoms with Gasteiger partial charge in [-0.3, -0.25) is 9.59 Å². The van der Waals surface area contributed by atoms with Gasteiger partial charge < -0.3 is 25.6 Å². The molecule has 2 amide bonds. The van der Waals surface area contributed by atoms with Crippen molar-refractivity contribution in [2.75, 3.05) is 45.6 Å². The number of carbonyl (C=O) groups excluding carboxylic acids is 2. The van der Waals surface area contributed by atoms with Gasteiger partial charge in [-0.15, -0.1) is 0 Å². The smallest absolute Gasteiger partial charge is 0.298 e. The second-order valence-electron chi connectivity index (χ2n) is 8.51. The molecule has 0 aromatic heterocycles. The van der Waals surface area contributed by atoms with Gasteiger partial charge in [-0.2, -0.15) is 0 Å². The maximum Gasteiger partial charge on any atom is 0.298 e. The fourth-order valence-electron chi connectivity index (χ4n) is 4.37. The van der Waals surface area contributed by atoms with E-state index in [2.05, 4.69) is 22.1 Å². The molecule has 2 aliphatic rings. The Morgan fingerprint density at radius 2 is 1.88 bits per heavy atom. The van der Waals surface area contributed by atoms with Gasteiger partial charge >= 0.3 is 0 Å². The summed E-state index contributed by atoms with van der Waals surface area (Å²) in [5.41, 5.74) is 6.60. The number of amides is 2. The van der Waals surface area contributed by atoms with Crippen molar-refractivity contribution >= 4 is 29.1 Å². The van der Waals surface area contributed by atoms with E-state index < -0.39 is 0 Å². The number of piperidine rings is 2. The minimum Gasteiger partial charge on any atom is -0.496 e. The Morgan fingerprint density at radius 1 is 1.19 bits per heavy atom. The number of nitrogen functional groups attached to an aromatic ring is 1. The Morgan fingerprint density at radius 3 is 2.50 bits per heavy atom. The zero-order valence-electron chi connectivity index (χ0n) is 19.0. The molecule has 3 rings (SSSR count). The lowest BCUT2D eigenvalue weighted by atomic mass is 9.94. The molecule has 0 radical (unpaired) electrons. The fourth-order valence-corrected chi connectivity index (χ4v) is 4.53. The summed E-state index contributed by atoms with van der Waals surface area (Å²) in [4.78, 5) is 29.2. The van der Waals surface area contributed by atoms with E-state index in [0.717, 1.165) is 58.4 Å². The van der Waals surface area contributed by atoms with Crippen molar-refractivity contribution in [1.82, 2.24) is 15.1 Å². The van der Waals surface area contributed by atoms with Crippen molar-refractivity contribution in [3.63, 3.8) is 0 Å². The summed E-state index contributed by atoms with van der Waals surface area (Å²) in [6.07, 6.45) is 4.56. The predicted octanol–water partition coefficient (Wildman–Crippen LogP) is 2.78. The number of hydrogen-bond donors (Lipinski definition) is 2. The number of ether oxygens (including phenoxy) is 1. The number of anilines is 1. The van der Waals surface area contributed by atoms with E-state index in [1.54, 1.807) is 12.1 Å². The number of carbonyl (C=O) groups is 2. The number of halogens is 1. The van der Waals surface area contributed by atoms with E-state index in [1.165, 1.54) is 7.11 Å². The van der Waals surface area contributed by atoms with Crippen LogP contribution in [-0.4, -0.2) is 67.5 Å². The lowest BCUT2D eigenvalue weighted by molar-refractivity contribution is -0.126. The first-order chi connectivity index (χ1) is 15.4. The molecule has 32 heavy (non-hydrogen) atoms. The highest BCUT2D eigenvalue weighted by Gasteiger charge is 2.27. The third-order valence-corrected chi connectivity index (χ3v) is 6.60. The van der Waals surface area contributed by atoms with Gasteiger partial charge in [-0.25, -0.2) is 0 Å². The van der Waals surface area contributed by atoms with Gasteiger partial charge in [0.15, 0.2) is 0 Å². The van der Waals surface area contributed by atoms with Gasteiger partial charge in [0.05, 0.1) is 23.4 Å². The van der Waals surface area contributed by atoms with E-state index in [1.807, 2.05) is 11.8 Å². The standard InChI is InChI=1S/C24H33ClN4O3/c1-3-4-5-23(30)29-12-6-17(7-13-29)16-28-10-8-18(9-11-28)27-24(31)19-14-20(25)21(26)15-22(19)32-2/h14-15,17-18H,3,6-13,16,26H2,1-2H3,(H,27,31). The van der Waals surface area contributed by atoms with Crippen LogP contribution in [0.1, 0.15) is 49.4 Å². The van der Waals surface area contributed by atoms with Crippen LogP contribution >= 0.6 is 11.6 Å². The molecule has 0 aliphatic carbocycles. The molecule has 0 atom stereocenters. The van der Waals surface area contributed by atoms with Gasteiger partial charge in [0.25, 0.3) is 11.8 Å². The summed E-state index contributed by atoms with van der Waals surface area (Å²) < 4.78 is 5.29. The van der Waals surface area contributed by atoms with Crippen molar-refractivity contribution in [3.05, 3.63) is 22.7 Å². The average molecular weight is 461 g/mol. The molecule has 2 saturated heterocycles. The van der Waals surface area contributed by atoms with Gasteiger partial charge in [-0.05, 0) is 43.6 Å². The molecule has 2 aliphatic heterocycles. The van der Waals surface area contributed by atoms with E-state index in [4.69, 9.17) is 22.1 Å². The van der Waals surface area contributed by atoms with Crippen LogP contribution in [-0.2, 0) is 4.79 Å². The summed E-state index contributed by atoms with van der Waals surface area (Å²) in [5, 5.41) is 3.46. The molecule has 2 heterocycles. The molecule has 7 nitrogen and oxygen atoms in total. The molecule has 0 unspecified atom stereocenters. The largest absolute Gasteiger partial charge is 0.496 e. The maximum atomic E-state index is 12.8. The van der Waals surface area contributed by atoms with Crippen LogP contribution in [0.3, 0.4) is 0 Å². The van der Waals surface area contributed by atoms with E-state index >= 15 is 0 Å². The summed E-state index contributed by atoms with van der Waals surface area (Å²) in [6, 6.07) is 3.26. The molecule has 3 N–H and O–H groups in total. The third kappa shape index (κ3) is 6.30. The van der Waals surface area contributed by atoms with E-state index in [9.17, 15) is 9.59 Å². The summed E-state index contributed by atoms with van der Waals surface area (Å²) in [5.74, 6) is 6.37. The molecular weight excluding hydrogens is 428 g/mol. The van der Waals surface area contributed by atoms with Crippen LogP contribution in [0.15, 0.2) is 12.1 Å². The van der Waals surface area contributed by atoms with Crippen molar-refractivity contribution in [2.45, 2.75) is 45.1 Å². The summed E-state index contributed by atoms with van der Waals surface area (Å²) in [6.45, 7) is 6.48. The monoisotopic (exact) mass is 460 g/mol. The number of nitrogens with zero attached hydrogens (tertiary/aromatic N) is 2. The number of hydrogen-bond acceptors (Lipinski definition) is 5. The molecule has 2 fully saturated rings. The number of nitrogens with one attached hydrogen (secondary N) is 1. The number of nitrogens with two attached hydrogens (primary N) is 1. The number of rotatable bonds is 5. The van der Waals surface area contributed by atoms with Crippen LogP contribution in [0.4, 0.5) is 5.69 Å². The van der Waals surface area contributed by atoms with Crippen LogP contribution in [0.25, 0.3) is 0 Å². The number of benzene rings is 1. The zero-order chi connectivity index (χ0) is 23.1. The first-order valence-corrected chi connectivity index (χ1v) is 11.7. The molecule has 8 heteroatoms. The Labute approximate surface area is 195 Å². The van der Waals surface area contributed by atoms with E-state index in [0.29, 0.717) is 34.4 Å².